The summed E-state index contributed by atoms with van der Waals surface area (Å²) >= 11 is 0. The van der Waals surface area contributed by atoms with Gasteiger partial charge in [0.25, 0.3) is 5.56 Å². The SMILES string of the molecule is Cn1c(N2CCOC(c3ccccc3-n3cccn3)C2)nc(-c2ccncn2)cc1=O. The van der Waals surface area contributed by atoms with Crippen molar-refractivity contribution in [2.45, 2.75) is 6.10 Å². The van der Waals surface area contributed by atoms with E-state index in [1.807, 2.05) is 35.1 Å². The van der Waals surface area contributed by atoms with Crippen molar-refractivity contribution in [3.63, 3.8) is 0 Å². The van der Waals surface area contributed by atoms with Crippen LogP contribution in [0.1, 0.15) is 11.7 Å². The Morgan fingerprint density at radius 2 is 2.00 bits per heavy atom. The van der Waals surface area contributed by atoms with E-state index in [0.717, 1.165) is 11.3 Å². The number of morpholine rings is 1. The van der Waals surface area contributed by atoms with Crippen LogP contribution in [0.15, 0.2) is 72.2 Å². The van der Waals surface area contributed by atoms with E-state index in [4.69, 9.17) is 9.72 Å². The molecule has 3 aromatic heterocycles. The normalized spacial score (nSPS) is 16.4. The van der Waals surface area contributed by atoms with Crippen molar-refractivity contribution >= 4 is 5.95 Å². The lowest BCUT2D eigenvalue weighted by Gasteiger charge is -2.35. The number of anilines is 1. The summed E-state index contributed by atoms with van der Waals surface area (Å²) in [5.74, 6) is 0.589. The van der Waals surface area contributed by atoms with Crippen LogP contribution in [0.25, 0.3) is 17.1 Å². The molecule has 9 nitrogen and oxygen atoms in total. The van der Waals surface area contributed by atoms with Crippen LogP contribution in [0, 0.1) is 0 Å². The minimum atomic E-state index is -0.186. The monoisotopic (exact) mass is 415 g/mol. The van der Waals surface area contributed by atoms with Gasteiger partial charge in [0.05, 0.1) is 30.2 Å². The molecule has 9 heteroatoms. The molecule has 0 aliphatic carbocycles. The van der Waals surface area contributed by atoms with Gasteiger partial charge in [0, 0.05) is 43.8 Å². The molecule has 0 amide bonds. The van der Waals surface area contributed by atoms with Crippen LogP contribution in [-0.4, -0.2) is 49.0 Å². The molecule has 0 bridgehead atoms. The number of hydrogen-bond acceptors (Lipinski definition) is 7. The molecule has 0 spiro atoms. The van der Waals surface area contributed by atoms with Crippen molar-refractivity contribution in [1.29, 1.82) is 0 Å². The Bertz CT molecular complexity index is 1240. The first-order chi connectivity index (χ1) is 15.2. The Hall–Kier alpha value is -3.85. The van der Waals surface area contributed by atoms with Gasteiger partial charge in [-0.05, 0) is 18.2 Å². The van der Waals surface area contributed by atoms with Crippen molar-refractivity contribution in [3.8, 4) is 17.1 Å². The summed E-state index contributed by atoms with van der Waals surface area (Å²) in [7, 11) is 1.73. The third-order valence-corrected chi connectivity index (χ3v) is 5.34. The summed E-state index contributed by atoms with van der Waals surface area (Å²) in [6.45, 7) is 1.71. The highest BCUT2D eigenvalue weighted by Gasteiger charge is 2.27. The lowest BCUT2D eigenvalue weighted by Crippen LogP contribution is -2.42. The molecule has 1 aromatic carbocycles. The van der Waals surface area contributed by atoms with E-state index < -0.39 is 0 Å². The first-order valence-corrected chi connectivity index (χ1v) is 10.0. The van der Waals surface area contributed by atoms with Crippen molar-refractivity contribution in [3.05, 3.63) is 83.3 Å². The predicted octanol–water partition coefficient (Wildman–Crippen LogP) is 2.00. The minimum absolute atomic E-state index is 0.140. The van der Waals surface area contributed by atoms with Gasteiger partial charge in [-0.1, -0.05) is 18.2 Å². The second-order valence-corrected chi connectivity index (χ2v) is 7.25. The molecular weight excluding hydrogens is 394 g/mol. The van der Waals surface area contributed by atoms with Gasteiger partial charge in [0.15, 0.2) is 0 Å². The second-order valence-electron chi connectivity index (χ2n) is 7.25. The van der Waals surface area contributed by atoms with Crippen molar-refractivity contribution in [2.24, 2.45) is 7.05 Å². The van der Waals surface area contributed by atoms with E-state index >= 15 is 0 Å². The Labute approximate surface area is 178 Å². The second kappa shape index (κ2) is 8.11. The van der Waals surface area contributed by atoms with Crippen LogP contribution in [0.2, 0.25) is 0 Å². The van der Waals surface area contributed by atoms with E-state index in [2.05, 4.69) is 26.0 Å². The maximum Gasteiger partial charge on any atom is 0.255 e. The van der Waals surface area contributed by atoms with Gasteiger partial charge in [-0.15, -0.1) is 0 Å². The predicted molar refractivity (Wildman–Crippen MR) is 115 cm³/mol. The molecule has 1 atom stereocenters. The molecule has 0 saturated carbocycles. The third-order valence-electron chi connectivity index (χ3n) is 5.34. The highest BCUT2D eigenvalue weighted by Crippen LogP contribution is 2.29. The lowest BCUT2D eigenvalue weighted by molar-refractivity contribution is 0.0389. The number of ether oxygens (including phenoxy) is 1. The zero-order valence-electron chi connectivity index (χ0n) is 17.0. The molecular formula is C22H21N7O2. The number of nitrogens with zero attached hydrogens (tertiary/aromatic N) is 7. The smallest absolute Gasteiger partial charge is 0.255 e. The van der Waals surface area contributed by atoms with E-state index in [1.165, 1.54) is 12.4 Å². The molecule has 5 rings (SSSR count). The van der Waals surface area contributed by atoms with Gasteiger partial charge < -0.3 is 9.64 Å². The molecule has 156 valence electrons. The van der Waals surface area contributed by atoms with E-state index in [-0.39, 0.29) is 11.7 Å². The van der Waals surface area contributed by atoms with E-state index in [9.17, 15) is 4.79 Å². The van der Waals surface area contributed by atoms with Gasteiger partial charge in [0.1, 0.15) is 12.4 Å². The van der Waals surface area contributed by atoms with Crippen molar-refractivity contribution in [1.82, 2.24) is 29.3 Å². The van der Waals surface area contributed by atoms with Crippen LogP contribution in [0.5, 0.6) is 0 Å². The quantitative estimate of drug-likeness (QED) is 0.503. The number of para-hydroxylation sites is 1. The van der Waals surface area contributed by atoms with Gasteiger partial charge in [-0.3, -0.25) is 9.36 Å². The first-order valence-electron chi connectivity index (χ1n) is 10.0. The molecule has 1 saturated heterocycles. The topological polar surface area (TPSA) is 91.0 Å². The minimum Gasteiger partial charge on any atom is -0.370 e. The van der Waals surface area contributed by atoms with Crippen LogP contribution >= 0.6 is 0 Å². The van der Waals surface area contributed by atoms with Gasteiger partial charge in [-0.2, -0.15) is 5.10 Å². The van der Waals surface area contributed by atoms with Crippen molar-refractivity contribution < 1.29 is 4.74 Å². The summed E-state index contributed by atoms with van der Waals surface area (Å²) in [4.78, 5) is 27.7. The van der Waals surface area contributed by atoms with Crippen LogP contribution in [0.4, 0.5) is 5.95 Å². The van der Waals surface area contributed by atoms with Crippen molar-refractivity contribution in [2.75, 3.05) is 24.6 Å². The van der Waals surface area contributed by atoms with E-state index in [0.29, 0.717) is 37.0 Å². The largest absolute Gasteiger partial charge is 0.370 e. The molecule has 1 unspecified atom stereocenters. The average Bonchev–Trinajstić information content (AvgIpc) is 3.36. The number of benzene rings is 1. The van der Waals surface area contributed by atoms with Gasteiger partial charge >= 0.3 is 0 Å². The Kier molecular flexibility index (Phi) is 5.01. The maximum absolute atomic E-state index is 12.6. The highest BCUT2D eigenvalue weighted by atomic mass is 16.5. The Morgan fingerprint density at radius 1 is 1.10 bits per heavy atom. The third kappa shape index (κ3) is 3.71. The molecule has 4 aromatic rings. The van der Waals surface area contributed by atoms with Gasteiger partial charge in [0.2, 0.25) is 5.95 Å². The lowest BCUT2D eigenvalue weighted by atomic mass is 10.1. The number of rotatable bonds is 4. The fourth-order valence-corrected chi connectivity index (χ4v) is 3.78. The summed E-state index contributed by atoms with van der Waals surface area (Å²) < 4.78 is 9.52. The summed E-state index contributed by atoms with van der Waals surface area (Å²) in [5, 5.41) is 4.37. The maximum atomic E-state index is 12.6. The highest BCUT2D eigenvalue weighted by molar-refractivity contribution is 5.55. The molecule has 31 heavy (non-hydrogen) atoms. The molecule has 4 heterocycles. The Balaban J connectivity index is 1.50. The Morgan fingerprint density at radius 3 is 2.81 bits per heavy atom. The van der Waals surface area contributed by atoms with Gasteiger partial charge in [-0.25, -0.2) is 19.6 Å². The zero-order chi connectivity index (χ0) is 21.2. The molecule has 1 aliphatic rings. The summed E-state index contributed by atoms with van der Waals surface area (Å²) in [5.41, 5.74) is 3.01. The van der Waals surface area contributed by atoms with Crippen LogP contribution in [-0.2, 0) is 11.8 Å². The van der Waals surface area contributed by atoms with E-state index in [1.54, 1.807) is 30.1 Å². The molecule has 0 radical (unpaired) electrons. The molecule has 1 fully saturated rings. The first kappa shape index (κ1) is 19.1. The fraction of sp³-hybridized carbons (Fsp3) is 0.227. The average molecular weight is 415 g/mol. The van der Waals surface area contributed by atoms with Crippen LogP contribution < -0.4 is 10.5 Å². The number of aromatic nitrogens is 6. The fourth-order valence-electron chi connectivity index (χ4n) is 3.78. The molecule has 0 N–H and O–H groups in total. The van der Waals surface area contributed by atoms with Crippen LogP contribution in [0.3, 0.4) is 0 Å². The number of hydrogen-bond donors (Lipinski definition) is 0. The summed E-state index contributed by atoms with van der Waals surface area (Å²) in [6, 6.07) is 13.2. The molecule has 1 aliphatic heterocycles. The summed E-state index contributed by atoms with van der Waals surface area (Å²) in [6.07, 6.45) is 6.57. The zero-order valence-corrected chi connectivity index (χ0v) is 17.0. The standard InChI is InChI=1S/C22H21N7O2/c1-27-21(30)13-18(17-7-9-23-15-24-17)26-22(27)28-11-12-31-20(14-28)16-5-2-3-6-19(16)29-10-4-8-25-29/h2-10,13,15,20H,11-12,14H2,1H3.